The summed E-state index contributed by atoms with van der Waals surface area (Å²) in [6.07, 6.45) is 2.30. The van der Waals surface area contributed by atoms with Gasteiger partial charge in [-0.3, -0.25) is 4.79 Å². The second kappa shape index (κ2) is 6.80. The van der Waals surface area contributed by atoms with Gasteiger partial charge in [-0.25, -0.2) is 0 Å². The van der Waals surface area contributed by atoms with Gasteiger partial charge >= 0.3 is 0 Å². The molecular weight excluding hydrogens is 284 g/mol. The Morgan fingerprint density at radius 3 is 2.52 bits per heavy atom. The van der Waals surface area contributed by atoms with Crippen molar-refractivity contribution in [3.05, 3.63) is 34.9 Å². The molecule has 3 nitrogen and oxygen atoms in total. The maximum Gasteiger partial charge on any atom is 0.253 e. The standard InChI is InChI=1S/C17H24N2O.ClH/c1-12(2)13-5-7-19(8-6-13)17(20)14-3-4-15-10-18-11-16(15)9-14;/h3-4,9,12-13,18H,5-8,10-11H2,1-2H3;1H. The molecule has 2 heterocycles. The first-order valence-corrected chi connectivity index (χ1v) is 7.77. The normalized spacial score (nSPS) is 18.5. The molecule has 0 unspecified atom stereocenters. The largest absolute Gasteiger partial charge is 0.339 e. The van der Waals surface area contributed by atoms with Gasteiger partial charge in [-0.1, -0.05) is 19.9 Å². The molecule has 2 aliphatic rings. The van der Waals surface area contributed by atoms with Gasteiger partial charge in [-0.05, 0) is 47.9 Å². The molecule has 0 aromatic heterocycles. The first-order valence-electron chi connectivity index (χ1n) is 7.77. The molecule has 1 amide bonds. The fourth-order valence-corrected chi connectivity index (χ4v) is 3.38. The predicted molar refractivity (Wildman–Crippen MR) is 87.7 cm³/mol. The summed E-state index contributed by atoms with van der Waals surface area (Å²) in [6.45, 7) is 8.23. The molecule has 1 aromatic carbocycles. The number of carbonyl (C=O) groups is 1. The molecule has 1 aromatic rings. The molecule has 4 heteroatoms. The Labute approximate surface area is 133 Å². The highest BCUT2D eigenvalue weighted by atomic mass is 35.5. The van der Waals surface area contributed by atoms with Gasteiger partial charge in [0, 0.05) is 31.7 Å². The fraction of sp³-hybridized carbons (Fsp3) is 0.588. The van der Waals surface area contributed by atoms with E-state index >= 15 is 0 Å². The maximum absolute atomic E-state index is 12.6. The fourth-order valence-electron chi connectivity index (χ4n) is 3.38. The van der Waals surface area contributed by atoms with Crippen LogP contribution in [0.2, 0.25) is 0 Å². The van der Waals surface area contributed by atoms with Crippen LogP contribution >= 0.6 is 12.4 Å². The van der Waals surface area contributed by atoms with E-state index < -0.39 is 0 Å². The average Bonchev–Trinajstić information content (AvgIpc) is 2.94. The van der Waals surface area contributed by atoms with Gasteiger partial charge in [0.15, 0.2) is 0 Å². The lowest BCUT2D eigenvalue weighted by Gasteiger charge is -2.34. The second-order valence-corrected chi connectivity index (χ2v) is 6.46. The molecule has 1 fully saturated rings. The van der Waals surface area contributed by atoms with E-state index in [1.807, 2.05) is 11.0 Å². The molecule has 0 spiro atoms. The monoisotopic (exact) mass is 308 g/mol. The molecule has 0 radical (unpaired) electrons. The Kier molecular flexibility index (Phi) is 5.28. The number of benzene rings is 1. The molecule has 3 rings (SSSR count). The molecule has 21 heavy (non-hydrogen) atoms. The van der Waals surface area contributed by atoms with E-state index in [9.17, 15) is 4.79 Å². The van der Waals surface area contributed by atoms with Crippen molar-refractivity contribution in [2.75, 3.05) is 13.1 Å². The van der Waals surface area contributed by atoms with Crippen LogP contribution in [0, 0.1) is 11.8 Å². The summed E-state index contributed by atoms with van der Waals surface area (Å²) in [4.78, 5) is 14.6. The lowest BCUT2D eigenvalue weighted by Crippen LogP contribution is -2.39. The smallest absolute Gasteiger partial charge is 0.253 e. The number of carbonyl (C=O) groups excluding carboxylic acids is 1. The van der Waals surface area contributed by atoms with Gasteiger partial charge in [0.05, 0.1) is 0 Å². The highest BCUT2D eigenvalue weighted by Crippen LogP contribution is 2.26. The third-order valence-electron chi connectivity index (χ3n) is 4.85. The van der Waals surface area contributed by atoms with Crippen LogP contribution in [0.25, 0.3) is 0 Å². The molecule has 2 aliphatic heterocycles. The van der Waals surface area contributed by atoms with E-state index in [1.165, 1.54) is 11.1 Å². The molecule has 1 N–H and O–H groups in total. The molecule has 0 atom stereocenters. The van der Waals surface area contributed by atoms with Crippen LogP contribution in [0.1, 0.15) is 48.2 Å². The molecule has 0 saturated carbocycles. The van der Waals surface area contributed by atoms with Crippen molar-refractivity contribution >= 4 is 18.3 Å². The van der Waals surface area contributed by atoms with Crippen LogP contribution in [-0.2, 0) is 13.1 Å². The molecule has 1 saturated heterocycles. The number of hydrogen-bond donors (Lipinski definition) is 1. The first kappa shape index (κ1) is 16.3. The van der Waals surface area contributed by atoms with E-state index in [0.29, 0.717) is 0 Å². The van der Waals surface area contributed by atoms with Crippen molar-refractivity contribution in [1.82, 2.24) is 10.2 Å². The number of nitrogens with one attached hydrogen (secondary N) is 1. The van der Waals surface area contributed by atoms with Gasteiger partial charge in [-0.15, -0.1) is 12.4 Å². The zero-order valence-corrected chi connectivity index (χ0v) is 13.7. The number of likely N-dealkylation sites (tertiary alicyclic amines) is 1. The number of rotatable bonds is 2. The topological polar surface area (TPSA) is 32.3 Å². The summed E-state index contributed by atoms with van der Waals surface area (Å²) in [6, 6.07) is 6.17. The molecule has 0 bridgehead atoms. The highest BCUT2D eigenvalue weighted by Gasteiger charge is 2.25. The van der Waals surface area contributed by atoms with E-state index in [1.54, 1.807) is 0 Å². The Balaban J connectivity index is 0.00000161. The predicted octanol–water partition coefficient (Wildman–Crippen LogP) is 3.22. The highest BCUT2D eigenvalue weighted by molar-refractivity contribution is 5.94. The minimum atomic E-state index is 0. The third-order valence-corrected chi connectivity index (χ3v) is 4.85. The number of nitrogens with zero attached hydrogens (tertiary/aromatic N) is 1. The summed E-state index contributed by atoms with van der Waals surface area (Å²) < 4.78 is 0. The first-order chi connectivity index (χ1) is 9.65. The van der Waals surface area contributed by atoms with Crippen molar-refractivity contribution in [1.29, 1.82) is 0 Å². The van der Waals surface area contributed by atoms with E-state index in [4.69, 9.17) is 0 Å². The number of hydrogen-bond acceptors (Lipinski definition) is 2. The van der Waals surface area contributed by atoms with Gasteiger partial charge in [0.25, 0.3) is 5.91 Å². The van der Waals surface area contributed by atoms with Gasteiger partial charge in [0.1, 0.15) is 0 Å². The minimum Gasteiger partial charge on any atom is -0.339 e. The van der Waals surface area contributed by atoms with Crippen molar-refractivity contribution in [3.63, 3.8) is 0 Å². The number of halogens is 1. The lowest BCUT2D eigenvalue weighted by atomic mass is 9.86. The van der Waals surface area contributed by atoms with Crippen molar-refractivity contribution < 1.29 is 4.79 Å². The van der Waals surface area contributed by atoms with Crippen molar-refractivity contribution in [2.24, 2.45) is 11.8 Å². The van der Waals surface area contributed by atoms with Crippen LogP contribution in [0.15, 0.2) is 18.2 Å². The Morgan fingerprint density at radius 2 is 1.86 bits per heavy atom. The van der Waals surface area contributed by atoms with Crippen LogP contribution < -0.4 is 5.32 Å². The lowest BCUT2D eigenvalue weighted by molar-refractivity contribution is 0.0667. The third kappa shape index (κ3) is 3.41. The average molecular weight is 309 g/mol. The van der Waals surface area contributed by atoms with Gasteiger partial charge < -0.3 is 10.2 Å². The Bertz CT molecular complexity index is 508. The van der Waals surface area contributed by atoms with Crippen LogP contribution in [0.3, 0.4) is 0 Å². The van der Waals surface area contributed by atoms with Crippen molar-refractivity contribution in [3.8, 4) is 0 Å². The SMILES string of the molecule is CC(C)C1CCN(C(=O)c2ccc3c(c2)CNC3)CC1.Cl. The summed E-state index contributed by atoms with van der Waals surface area (Å²) >= 11 is 0. The van der Waals surface area contributed by atoms with Crippen LogP contribution in [-0.4, -0.2) is 23.9 Å². The van der Waals surface area contributed by atoms with E-state index in [0.717, 1.165) is 56.4 Å². The van der Waals surface area contributed by atoms with Crippen molar-refractivity contribution in [2.45, 2.75) is 39.8 Å². The summed E-state index contributed by atoms with van der Waals surface area (Å²) in [5, 5.41) is 3.33. The van der Waals surface area contributed by atoms with Gasteiger partial charge in [0.2, 0.25) is 0 Å². The minimum absolute atomic E-state index is 0. The zero-order chi connectivity index (χ0) is 14.1. The molecule has 0 aliphatic carbocycles. The zero-order valence-electron chi connectivity index (χ0n) is 12.9. The number of amides is 1. The maximum atomic E-state index is 12.6. The van der Waals surface area contributed by atoms with Crippen LogP contribution in [0.5, 0.6) is 0 Å². The Hall–Kier alpha value is -1.06. The molecule has 116 valence electrons. The van der Waals surface area contributed by atoms with Crippen LogP contribution in [0.4, 0.5) is 0 Å². The summed E-state index contributed by atoms with van der Waals surface area (Å²) in [5.74, 6) is 1.73. The van der Waals surface area contributed by atoms with E-state index in [-0.39, 0.29) is 18.3 Å². The van der Waals surface area contributed by atoms with Gasteiger partial charge in [-0.2, -0.15) is 0 Å². The number of piperidine rings is 1. The van der Waals surface area contributed by atoms with E-state index in [2.05, 4.69) is 31.3 Å². The Morgan fingerprint density at radius 1 is 1.19 bits per heavy atom. The molecular formula is C17H25ClN2O. The quantitative estimate of drug-likeness (QED) is 0.910. The summed E-state index contributed by atoms with van der Waals surface area (Å²) in [5.41, 5.74) is 3.48. The second-order valence-electron chi connectivity index (χ2n) is 6.46. The summed E-state index contributed by atoms with van der Waals surface area (Å²) in [7, 11) is 0. The number of fused-ring (bicyclic) bond motifs is 1.